The van der Waals surface area contributed by atoms with E-state index in [4.69, 9.17) is 5.73 Å². The van der Waals surface area contributed by atoms with E-state index >= 15 is 0 Å². The Bertz CT molecular complexity index is 566. The molecule has 0 aliphatic heterocycles. The largest absolute Gasteiger partial charge is 0.462 e. The van der Waals surface area contributed by atoms with Crippen LogP contribution in [0.25, 0.3) is 0 Å². The fourth-order valence-electron chi connectivity index (χ4n) is 1.26. The number of halogens is 4. The smallest absolute Gasteiger partial charge is 0.431 e. The highest BCUT2D eigenvalue weighted by atomic mass is 79.9. The number of allylic oxidation sites excluding steroid dienone is 1. The molecule has 0 saturated heterocycles. The summed E-state index contributed by atoms with van der Waals surface area (Å²) in [6.07, 6.45) is -4.09. The van der Waals surface area contributed by atoms with Gasteiger partial charge in [-0.1, -0.05) is 15.9 Å². The van der Waals surface area contributed by atoms with Crippen molar-refractivity contribution in [3.8, 4) is 0 Å². The topological polar surface area (TPSA) is 64.7 Å². The number of aliphatic imine (C=N–C) groups is 1. The molecule has 0 amide bonds. The molecule has 114 valence electrons. The summed E-state index contributed by atoms with van der Waals surface area (Å²) in [5.74, 6) is -1.17. The highest BCUT2D eigenvalue weighted by molar-refractivity contribution is 9.10. The molecule has 0 unspecified atom stereocenters. The van der Waals surface area contributed by atoms with Crippen molar-refractivity contribution in [3.05, 3.63) is 40.0 Å². The second-order valence-electron chi connectivity index (χ2n) is 3.78. The summed E-state index contributed by atoms with van der Waals surface area (Å²) in [6.45, 7) is 1.41. The zero-order valence-electron chi connectivity index (χ0n) is 10.9. The van der Waals surface area contributed by atoms with Crippen LogP contribution in [0.2, 0.25) is 0 Å². The minimum atomic E-state index is -4.84. The first kappa shape index (κ1) is 17.2. The van der Waals surface area contributed by atoms with E-state index in [0.29, 0.717) is 5.69 Å². The number of rotatable bonds is 4. The molecular formula is C13H12BrF3N2O2. The van der Waals surface area contributed by atoms with Crippen LogP contribution in [0.4, 0.5) is 18.9 Å². The first-order valence-corrected chi connectivity index (χ1v) is 6.58. The highest BCUT2D eigenvalue weighted by Crippen LogP contribution is 2.25. The molecule has 1 aromatic rings. The number of hydrogen-bond acceptors (Lipinski definition) is 4. The fraction of sp³-hybridized carbons (Fsp3) is 0.231. The van der Waals surface area contributed by atoms with Gasteiger partial charge in [0.25, 0.3) is 0 Å². The van der Waals surface area contributed by atoms with Crippen molar-refractivity contribution in [2.75, 3.05) is 6.61 Å². The van der Waals surface area contributed by atoms with E-state index in [1.807, 2.05) is 0 Å². The maximum absolute atomic E-state index is 12.6. The van der Waals surface area contributed by atoms with Gasteiger partial charge in [-0.15, -0.1) is 0 Å². The standard InChI is InChI=1S/C13H12BrF3N2O2/c1-2-21-12(20)10(11(18)13(15,16)17)7-19-9-5-3-8(14)4-6-9/h3-7H,2,18H2,1H3. The van der Waals surface area contributed by atoms with Gasteiger partial charge >= 0.3 is 12.1 Å². The number of alkyl halides is 3. The Hall–Kier alpha value is -1.83. The zero-order valence-corrected chi connectivity index (χ0v) is 12.5. The van der Waals surface area contributed by atoms with Crippen molar-refractivity contribution in [3.63, 3.8) is 0 Å². The first-order chi connectivity index (χ1) is 9.75. The first-order valence-electron chi connectivity index (χ1n) is 5.79. The number of esters is 1. The van der Waals surface area contributed by atoms with Gasteiger partial charge in [0.1, 0.15) is 11.3 Å². The fourth-order valence-corrected chi connectivity index (χ4v) is 1.52. The predicted octanol–water partition coefficient (Wildman–Crippen LogP) is 3.49. The molecule has 0 aromatic heterocycles. The van der Waals surface area contributed by atoms with Crippen LogP contribution >= 0.6 is 15.9 Å². The summed E-state index contributed by atoms with van der Waals surface area (Å²) < 4.78 is 43.2. The van der Waals surface area contributed by atoms with Crippen LogP contribution in [-0.2, 0) is 9.53 Å². The average Bonchev–Trinajstić information content (AvgIpc) is 2.40. The summed E-state index contributed by atoms with van der Waals surface area (Å²) in [6, 6.07) is 6.45. The maximum atomic E-state index is 12.6. The lowest BCUT2D eigenvalue weighted by molar-refractivity contribution is -0.139. The van der Waals surface area contributed by atoms with Crippen LogP contribution in [0.3, 0.4) is 0 Å². The number of carbonyl (C=O) groups is 1. The highest BCUT2D eigenvalue weighted by Gasteiger charge is 2.36. The third kappa shape index (κ3) is 5.22. The number of ether oxygens (including phenoxy) is 1. The summed E-state index contributed by atoms with van der Waals surface area (Å²) in [5.41, 5.74) is 2.97. The Morgan fingerprint density at radius 2 is 1.95 bits per heavy atom. The molecule has 0 spiro atoms. The van der Waals surface area contributed by atoms with Gasteiger partial charge in [0.2, 0.25) is 0 Å². The summed E-state index contributed by atoms with van der Waals surface area (Å²) in [4.78, 5) is 15.3. The normalized spacial score (nSPS) is 13.2. The van der Waals surface area contributed by atoms with Crippen LogP contribution in [-0.4, -0.2) is 25.0 Å². The van der Waals surface area contributed by atoms with E-state index in [1.165, 1.54) is 6.92 Å². The van der Waals surface area contributed by atoms with E-state index in [-0.39, 0.29) is 6.61 Å². The zero-order chi connectivity index (χ0) is 16.0. The van der Waals surface area contributed by atoms with E-state index in [1.54, 1.807) is 24.3 Å². The van der Waals surface area contributed by atoms with Gasteiger partial charge in [-0.3, -0.25) is 4.99 Å². The van der Waals surface area contributed by atoms with Gasteiger partial charge in [0, 0.05) is 10.7 Å². The van der Waals surface area contributed by atoms with Gasteiger partial charge < -0.3 is 10.5 Å². The van der Waals surface area contributed by atoms with E-state index in [2.05, 4.69) is 25.7 Å². The van der Waals surface area contributed by atoms with E-state index in [9.17, 15) is 18.0 Å². The number of nitrogens with two attached hydrogens (primary N) is 1. The average molecular weight is 365 g/mol. The Kier molecular flexibility index (Phi) is 5.95. The Balaban J connectivity index is 3.14. The Morgan fingerprint density at radius 1 is 1.38 bits per heavy atom. The molecule has 0 fully saturated rings. The van der Waals surface area contributed by atoms with Crippen LogP contribution in [0, 0.1) is 0 Å². The lowest BCUT2D eigenvalue weighted by Gasteiger charge is -2.10. The minimum Gasteiger partial charge on any atom is -0.462 e. The summed E-state index contributed by atoms with van der Waals surface area (Å²) in [5, 5.41) is 0. The van der Waals surface area contributed by atoms with Crippen LogP contribution < -0.4 is 5.73 Å². The van der Waals surface area contributed by atoms with Crippen molar-refractivity contribution in [1.29, 1.82) is 0 Å². The van der Waals surface area contributed by atoms with Gasteiger partial charge in [-0.2, -0.15) is 13.2 Å². The molecule has 8 heteroatoms. The van der Waals surface area contributed by atoms with Crippen molar-refractivity contribution in [2.24, 2.45) is 10.7 Å². The molecule has 1 rings (SSSR count). The number of nitrogens with zero attached hydrogens (tertiary/aromatic N) is 1. The van der Waals surface area contributed by atoms with Crippen molar-refractivity contribution in [2.45, 2.75) is 13.1 Å². The molecule has 0 radical (unpaired) electrons. The molecule has 2 N–H and O–H groups in total. The van der Waals surface area contributed by atoms with Gasteiger partial charge in [0.15, 0.2) is 0 Å². The monoisotopic (exact) mass is 364 g/mol. The molecule has 0 atom stereocenters. The van der Waals surface area contributed by atoms with Gasteiger partial charge in [-0.05, 0) is 31.2 Å². The SMILES string of the molecule is CCOC(=O)C(C=Nc1ccc(Br)cc1)=C(N)C(F)(F)F. The molecular weight excluding hydrogens is 353 g/mol. The lowest BCUT2D eigenvalue weighted by atomic mass is 10.2. The number of carbonyl (C=O) groups excluding carboxylic acids is 1. The van der Waals surface area contributed by atoms with Crippen LogP contribution in [0.1, 0.15) is 6.92 Å². The van der Waals surface area contributed by atoms with Gasteiger partial charge in [0.05, 0.1) is 12.3 Å². The van der Waals surface area contributed by atoms with Crippen molar-refractivity contribution < 1.29 is 22.7 Å². The lowest BCUT2D eigenvalue weighted by Crippen LogP contribution is -2.26. The Labute approximate surface area is 127 Å². The van der Waals surface area contributed by atoms with Gasteiger partial charge in [-0.25, -0.2) is 4.79 Å². The Morgan fingerprint density at radius 3 is 2.43 bits per heavy atom. The molecule has 0 bridgehead atoms. The number of hydrogen-bond donors (Lipinski definition) is 1. The van der Waals surface area contributed by atoms with E-state index < -0.39 is 23.4 Å². The minimum absolute atomic E-state index is 0.0698. The molecule has 1 aromatic carbocycles. The quantitative estimate of drug-likeness (QED) is 0.505. The molecule has 0 aliphatic rings. The van der Waals surface area contributed by atoms with Crippen LogP contribution in [0.15, 0.2) is 45.0 Å². The summed E-state index contributed by atoms with van der Waals surface area (Å²) in [7, 11) is 0. The summed E-state index contributed by atoms with van der Waals surface area (Å²) >= 11 is 3.21. The molecule has 0 heterocycles. The third-order valence-corrected chi connectivity index (χ3v) is 2.79. The predicted molar refractivity (Wildman–Crippen MR) is 76.2 cm³/mol. The second kappa shape index (κ2) is 7.26. The molecule has 0 saturated carbocycles. The maximum Gasteiger partial charge on any atom is 0.431 e. The third-order valence-electron chi connectivity index (χ3n) is 2.26. The van der Waals surface area contributed by atoms with Crippen molar-refractivity contribution in [1.82, 2.24) is 0 Å². The van der Waals surface area contributed by atoms with Crippen molar-refractivity contribution >= 4 is 33.8 Å². The molecule has 4 nitrogen and oxygen atoms in total. The number of benzene rings is 1. The van der Waals surface area contributed by atoms with Crippen LogP contribution in [0.5, 0.6) is 0 Å². The van der Waals surface area contributed by atoms with E-state index in [0.717, 1.165) is 10.7 Å². The second-order valence-corrected chi connectivity index (χ2v) is 4.70. The molecule has 0 aliphatic carbocycles. The molecule has 21 heavy (non-hydrogen) atoms.